The minimum Gasteiger partial charge on any atom is -0.324 e. The molecule has 4 rings (SSSR count). The summed E-state index contributed by atoms with van der Waals surface area (Å²) in [5, 5.41) is 6.13. The van der Waals surface area contributed by atoms with Gasteiger partial charge in [0.2, 0.25) is 0 Å². The van der Waals surface area contributed by atoms with E-state index in [4.69, 9.17) is 5.73 Å². The van der Waals surface area contributed by atoms with Gasteiger partial charge >= 0.3 is 12.2 Å². The Bertz CT molecular complexity index is 1000. The number of nitrogens with two attached hydrogens (primary N) is 1. The maximum absolute atomic E-state index is 12.8. The van der Waals surface area contributed by atoms with E-state index in [1.165, 1.54) is 10.7 Å². The van der Waals surface area contributed by atoms with E-state index in [9.17, 15) is 26.7 Å². The number of imidazole rings is 1. The van der Waals surface area contributed by atoms with Crippen molar-refractivity contribution in [1.29, 1.82) is 0 Å². The number of hydrogen-bond donors (Lipinski definition) is 2. The minimum absolute atomic E-state index is 0.0140. The Kier molecular flexibility index (Phi) is 5.58. The molecule has 0 spiro atoms. The van der Waals surface area contributed by atoms with Gasteiger partial charge in [0, 0.05) is 6.54 Å². The Hall–Kier alpha value is -2.76. The molecular weight excluding hydrogens is 423 g/mol. The Balaban J connectivity index is 1.45. The highest BCUT2D eigenvalue weighted by Crippen LogP contribution is 2.36. The molecule has 1 aliphatic heterocycles. The normalized spacial score (nSPS) is 23.4. The minimum atomic E-state index is -4.51. The van der Waals surface area contributed by atoms with E-state index in [1.807, 2.05) is 5.32 Å². The van der Waals surface area contributed by atoms with Crippen LogP contribution in [0.2, 0.25) is 0 Å². The lowest BCUT2D eigenvalue weighted by molar-refractivity contribution is -0.149. The van der Waals surface area contributed by atoms with Gasteiger partial charge in [-0.2, -0.15) is 27.1 Å². The van der Waals surface area contributed by atoms with Gasteiger partial charge in [-0.15, -0.1) is 0 Å². The van der Waals surface area contributed by atoms with Crippen LogP contribution in [-0.2, 0) is 6.54 Å². The van der Waals surface area contributed by atoms with Gasteiger partial charge in [0.15, 0.2) is 5.65 Å². The average Bonchev–Trinajstić information content (AvgIpc) is 3.31. The first kappa shape index (κ1) is 21.5. The van der Waals surface area contributed by atoms with Crippen LogP contribution in [0.15, 0.2) is 30.1 Å². The van der Waals surface area contributed by atoms with Crippen molar-refractivity contribution in [2.24, 2.45) is 11.7 Å². The number of amides is 2. The lowest BCUT2D eigenvalue weighted by Gasteiger charge is -2.27. The van der Waals surface area contributed by atoms with Crippen LogP contribution in [0, 0.1) is 5.92 Å². The van der Waals surface area contributed by atoms with Crippen LogP contribution >= 0.6 is 0 Å². The molecule has 12 heteroatoms. The van der Waals surface area contributed by atoms with Crippen LogP contribution in [0.5, 0.6) is 0 Å². The summed E-state index contributed by atoms with van der Waals surface area (Å²) in [5.74, 6) is 0.0140. The number of alkyl halides is 3. The van der Waals surface area contributed by atoms with Crippen LogP contribution in [0.1, 0.15) is 43.0 Å². The SMILES string of the molecule is N[C@H](c1cn2ncc(CN3C[C@@H](C(F)(F)F)NC3=O)cc2n1)C1CCC(=C(F)F)CC1. The molecule has 1 saturated heterocycles. The van der Waals surface area contributed by atoms with Crippen molar-refractivity contribution in [3.05, 3.63) is 41.4 Å². The zero-order chi connectivity index (χ0) is 22.3. The van der Waals surface area contributed by atoms with Gasteiger partial charge in [-0.1, -0.05) is 0 Å². The Labute approximate surface area is 174 Å². The predicted molar refractivity (Wildman–Crippen MR) is 99.9 cm³/mol. The third-order valence-electron chi connectivity index (χ3n) is 5.90. The Morgan fingerprint density at radius 3 is 2.61 bits per heavy atom. The van der Waals surface area contributed by atoms with Crippen molar-refractivity contribution in [3.63, 3.8) is 0 Å². The molecule has 3 heterocycles. The Morgan fingerprint density at radius 2 is 2.00 bits per heavy atom. The second-order valence-electron chi connectivity index (χ2n) is 7.98. The van der Waals surface area contributed by atoms with Crippen molar-refractivity contribution < 1.29 is 26.7 Å². The molecule has 3 N–H and O–H groups in total. The van der Waals surface area contributed by atoms with E-state index < -0.39 is 36.9 Å². The first-order valence-electron chi connectivity index (χ1n) is 9.87. The molecule has 0 aromatic carbocycles. The maximum Gasteiger partial charge on any atom is 0.410 e. The van der Waals surface area contributed by atoms with Crippen molar-refractivity contribution >= 4 is 11.7 Å². The van der Waals surface area contributed by atoms with Crippen molar-refractivity contribution in [1.82, 2.24) is 24.8 Å². The third-order valence-corrected chi connectivity index (χ3v) is 5.90. The molecule has 1 saturated carbocycles. The van der Waals surface area contributed by atoms with Gasteiger partial charge in [-0.25, -0.2) is 14.3 Å². The second-order valence-corrected chi connectivity index (χ2v) is 7.98. The Morgan fingerprint density at radius 1 is 1.29 bits per heavy atom. The number of halogens is 5. The molecule has 168 valence electrons. The number of carbonyl (C=O) groups excluding carboxylic acids is 1. The van der Waals surface area contributed by atoms with E-state index in [0.717, 1.165) is 4.90 Å². The fraction of sp³-hybridized carbons (Fsp3) is 0.526. The van der Waals surface area contributed by atoms with Gasteiger partial charge in [0.05, 0.1) is 30.7 Å². The number of urea groups is 1. The number of fused-ring (bicyclic) bond motifs is 1. The van der Waals surface area contributed by atoms with Crippen LogP contribution in [0.25, 0.3) is 5.65 Å². The van der Waals surface area contributed by atoms with Crippen LogP contribution in [0.3, 0.4) is 0 Å². The summed E-state index contributed by atoms with van der Waals surface area (Å²) in [6.07, 6.45) is -1.28. The first-order chi connectivity index (χ1) is 14.6. The zero-order valence-electron chi connectivity index (χ0n) is 16.4. The fourth-order valence-electron chi connectivity index (χ4n) is 4.09. The molecule has 7 nitrogen and oxygen atoms in total. The highest BCUT2D eigenvalue weighted by atomic mass is 19.4. The maximum atomic E-state index is 12.8. The molecule has 2 aromatic heterocycles. The summed E-state index contributed by atoms with van der Waals surface area (Å²) < 4.78 is 65.5. The van der Waals surface area contributed by atoms with E-state index in [0.29, 0.717) is 42.6 Å². The smallest absolute Gasteiger partial charge is 0.324 e. The number of rotatable bonds is 4. The van der Waals surface area contributed by atoms with Gasteiger partial charge in [0.1, 0.15) is 6.04 Å². The summed E-state index contributed by atoms with van der Waals surface area (Å²) in [6, 6.07) is -1.49. The fourth-order valence-corrected chi connectivity index (χ4v) is 4.09. The predicted octanol–water partition coefficient (Wildman–Crippen LogP) is 3.53. The van der Waals surface area contributed by atoms with Crippen molar-refractivity contribution in [2.75, 3.05) is 6.54 Å². The quantitative estimate of drug-likeness (QED) is 0.707. The van der Waals surface area contributed by atoms with Gasteiger partial charge in [-0.05, 0) is 48.8 Å². The molecule has 2 amide bonds. The van der Waals surface area contributed by atoms with Crippen LogP contribution in [-0.4, -0.2) is 44.3 Å². The molecule has 1 aliphatic carbocycles. The second kappa shape index (κ2) is 8.06. The topological polar surface area (TPSA) is 88.5 Å². The first-order valence-corrected chi connectivity index (χ1v) is 9.87. The number of nitrogens with one attached hydrogen (secondary N) is 1. The van der Waals surface area contributed by atoms with Crippen LogP contribution < -0.4 is 11.1 Å². The number of carbonyl (C=O) groups is 1. The molecular formula is C19H21F5N6O. The number of nitrogens with zero attached hydrogens (tertiary/aromatic N) is 4. The van der Waals surface area contributed by atoms with Crippen LogP contribution in [0.4, 0.5) is 26.7 Å². The molecule has 2 aromatic rings. The summed E-state index contributed by atoms with van der Waals surface area (Å²) in [5.41, 5.74) is 8.05. The molecule has 0 bridgehead atoms. The zero-order valence-corrected chi connectivity index (χ0v) is 16.4. The number of aromatic nitrogens is 3. The largest absolute Gasteiger partial charge is 0.410 e. The lowest BCUT2D eigenvalue weighted by Crippen LogP contribution is -2.40. The summed E-state index contributed by atoms with van der Waals surface area (Å²) in [7, 11) is 0. The van der Waals surface area contributed by atoms with Gasteiger partial charge in [-0.3, -0.25) is 0 Å². The lowest BCUT2D eigenvalue weighted by atomic mass is 9.81. The van der Waals surface area contributed by atoms with E-state index >= 15 is 0 Å². The van der Waals surface area contributed by atoms with E-state index in [-0.39, 0.29) is 18.0 Å². The van der Waals surface area contributed by atoms with Gasteiger partial charge < -0.3 is 16.0 Å². The molecule has 31 heavy (non-hydrogen) atoms. The summed E-state index contributed by atoms with van der Waals surface area (Å²) in [4.78, 5) is 17.4. The van der Waals surface area contributed by atoms with Crippen molar-refractivity contribution in [2.45, 2.75) is 50.5 Å². The monoisotopic (exact) mass is 444 g/mol. The highest BCUT2D eigenvalue weighted by Gasteiger charge is 2.46. The molecule has 2 aliphatic rings. The highest BCUT2D eigenvalue weighted by molar-refractivity contribution is 5.77. The van der Waals surface area contributed by atoms with E-state index in [2.05, 4.69) is 10.1 Å². The molecule has 2 fully saturated rings. The molecule has 0 radical (unpaired) electrons. The standard InChI is InChI=1S/C19H21F5N6O/c20-17(21)12-3-1-11(2-4-12)16(25)13-8-30-15(27-13)5-10(6-26-30)7-29-9-14(19(22,23)24)28-18(29)31/h5-6,8,11,14,16H,1-4,7,9,25H2,(H,28,31)/t14-,16-/m0/s1. The number of hydrogen-bond acceptors (Lipinski definition) is 4. The molecule has 2 atom stereocenters. The summed E-state index contributed by atoms with van der Waals surface area (Å²) >= 11 is 0. The third kappa shape index (κ3) is 4.48. The number of allylic oxidation sites excluding steroid dienone is 1. The van der Waals surface area contributed by atoms with E-state index in [1.54, 1.807) is 12.3 Å². The molecule has 0 unspecified atom stereocenters. The van der Waals surface area contributed by atoms with Crippen molar-refractivity contribution in [3.8, 4) is 0 Å². The summed E-state index contributed by atoms with van der Waals surface area (Å²) in [6.45, 7) is -0.516. The average molecular weight is 444 g/mol. The van der Waals surface area contributed by atoms with Gasteiger partial charge in [0.25, 0.3) is 6.08 Å².